The zero-order valence-corrected chi connectivity index (χ0v) is 9.42. The van der Waals surface area contributed by atoms with Crippen molar-refractivity contribution in [2.75, 3.05) is 5.32 Å². The first kappa shape index (κ1) is 11.0. The molecule has 16 heavy (non-hydrogen) atoms. The van der Waals surface area contributed by atoms with Crippen molar-refractivity contribution >= 4 is 34.9 Å². The van der Waals surface area contributed by atoms with Crippen molar-refractivity contribution in [2.24, 2.45) is 0 Å². The quantitative estimate of drug-likeness (QED) is 0.898. The number of nitrogens with one attached hydrogen (secondary N) is 1. The molecule has 0 unspecified atom stereocenters. The Bertz CT molecular complexity index is 525. The number of rotatable bonds is 2. The van der Waals surface area contributed by atoms with Gasteiger partial charge in [0.1, 0.15) is 0 Å². The molecule has 6 heteroatoms. The highest BCUT2D eigenvalue weighted by Crippen LogP contribution is 2.19. The molecule has 0 aliphatic carbocycles. The van der Waals surface area contributed by atoms with Gasteiger partial charge in [-0.1, -0.05) is 11.6 Å². The van der Waals surface area contributed by atoms with Crippen molar-refractivity contribution < 1.29 is 9.21 Å². The molecule has 1 amide bonds. The van der Waals surface area contributed by atoms with Gasteiger partial charge in [0.05, 0.1) is 5.02 Å². The molecule has 0 saturated heterocycles. The first-order valence-electron chi connectivity index (χ1n) is 4.34. The fraction of sp³-hybridized carbons (Fsp3) is 0. The molecule has 0 aliphatic heterocycles. The van der Waals surface area contributed by atoms with Crippen LogP contribution in [0, 0.1) is 0 Å². The number of aromatic nitrogens is 1. The highest BCUT2D eigenvalue weighted by Gasteiger charge is 2.12. The molecular weight excluding hydrogens is 251 g/mol. The summed E-state index contributed by atoms with van der Waals surface area (Å²) in [6.07, 6.45) is 1.52. The number of halogens is 2. The van der Waals surface area contributed by atoms with E-state index in [1.807, 2.05) is 0 Å². The van der Waals surface area contributed by atoms with E-state index >= 15 is 0 Å². The van der Waals surface area contributed by atoms with Crippen molar-refractivity contribution in [3.05, 3.63) is 46.5 Å². The molecule has 0 aromatic carbocycles. The third-order valence-electron chi connectivity index (χ3n) is 1.79. The van der Waals surface area contributed by atoms with Crippen LogP contribution in [0.1, 0.15) is 10.6 Å². The van der Waals surface area contributed by atoms with Crippen molar-refractivity contribution in [2.45, 2.75) is 0 Å². The van der Waals surface area contributed by atoms with Gasteiger partial charge in [-0.15, -0.1) is 0 Å². The second-order valence-electron chi connectivity index (χ2n) is 2.89. The van der Waals surface area contributed by atoms with E-state index in [9.17, 15) is 4.79 Å². The van der Waals surface area contributed by atoms with Crippen LogP contribution in [0.3, 0.4) is 0 Å². The largest absolute Gasteiger partial charge is 0.440 e. The summed E-state index contributed by atoms with van der Waals surface area (Å²) in [6.45, 7) is 0. The number of hydrogen-bond donors (Lipinski definition) is 1. The van der Waals surface area contributed by atoms with E-state index in [1.165, 1.54) is 18.3 Å². The Hall–Kier alpha value is -1.52. The van der Waals surface area contributed by atoms with Gasteiger partial charge in [-0.3, -0.25) is 4.79 Å². The van der Waals surface area contributed by atoms with E-state index in [-0.39, 0.29) is 16.8 Å². The number of carbonyl (C=O) groups is 1. The fourth-order valence-corrected chi connectivity index (χ4v) is 1.40. The van der Waals surface area contributed by atoms with Gasteiger partial charge in [0.2, 0.25) is 0 Å². The highest BCUT2D eigenvalue weighted by atomic mass is 35.5. The maximum absolute atomic E-state index is 11.6. The lowest BCUT2D eigenvalue weighted by Gasteiger charge is -2.03. The van der Waals surface area contributed by atoms with Gasteiger partial charge in [-0.25, -0.2) is 4.98 Å². The van der Waals surface area contributed by atoms with Gasteiger partial charge >= 0.3 is 0 Å². The molecule has 2 rings (SSSR count). The first-order valence-corrected chi connectivity index (χ1v) is 5.09. The van der Waals surface area contributed by atoms with Crippen LogP contribution in [0.15, 0.2) is 34.9 Å². The van der Waals surface area contributed by atoms with Gasteiger partial charge in [0, 0.05) is 6.20 Å². The van der Waals surface area contributed by atoms with Crippen LogP contribution in [-0.4, -0.2) is 10.9 Å². The maximum atomic E-state index is 11.6. The summed E-state index contributed by atoms with van der Waals surface area (Å²) in [5, 5.41) is 3.01. The van der Waals surface area contributed by atoms with Crippen LogP contribution >= 0.6 is 23.2 Å². The van der Waals surface area contributed by atoms with Crippen molar-refractivity contribution in [1.29, 1.82) is 0 Å². The predicted octanol–water partition coefficient (Wildman–Crippen LogP) is 3.23. The lowest BCUT2D eigenvalue weighted by Crippen LogP contribution is -2.12. The van der Waals surface area contributed by atoms with E-state index in [0.717, 1.165) is 0 Å². The molecule has 1 N–H and O–H groups in total. The summed E-state index contributed by atoms with van der Waals surface area (Å²) >= 11 is 11.4. The summed E-state index contributed by atoms with van der Waals surface area (Å²) in [5.41, 5.74) is 0. The minimum absolute atomic E-state index is 0.103. The summed E-state index contributed by atoms with van der Waals surface area (Å²) in [5.74, 6) is -0.0686. The number of anilines is 1. The Morgan fingerprint density at radius 1 is 1.31 bits per heavy atom. The van der Waals surface area contributed by atoms with Crippen LogP contribution in [0.4, 0.5) is 5.82 Å². The van der Waals surface area contributed by atoms with Crippen molar-refractivity contribution in [1.82, 2.24) is 4.98 Å². The Kier molecular flexibility index (Phi) is 3.12. The Balaban J connectivity index is 2.17. The number of carbonyl (C=O) groups excluding carboxylic acids is 1. The fourth-order valence-electron chi connectivity index (χ4n) is 1.08. The van der Waals surface area contributed by atoms with Crippen LogP contribution < -0.4 is 5.32 Å². The smallest absolute Gasteiger partial charge is 0.292 e. The monoisotopic (exact) mass is 256 g/mol. The molecule has 4 nitrogen and oxygen atoms in total. The predicted molar refractivity (Wildman–Crippen MR) is 60.9 cm³/mol. The summed E-state index contributed by atoms with van der Waals surface area (Å²) < 4.78 is 4.94. The first-order chi connectivity index (χ1) is 7.66. The van der Waals surface area contributed by atoms with Crippen LogP contribution in [0.2, 0.25) is 10.2 Å². The second-order valence-corrected chi connectivity index (χ2v) is 3.67. The molecule has 0 bridgehead atoms. The van der Waals surface area contributed by atoms with Gasteiger partial charge in [0.15, 0.2) is 16.8 Å². The molecule has 0 aliphatic rings. The van der Waals surface area contributed by atoms with Crippen LogP contribution in [0.5, 0.6) is 0 Å². The van der Waals surface area contributed by atoms with E-state index in [1.54, 1.807) is 12.1 Å². The van der Waals surface area contributed by atoms with Gasteiger partial charge in [-0.05, 0) is 35.9 Å². The minimum Gasteiger partial charge on any atom is -0.440 e. The molecule has 0 atom stereocenters. The maximum Gasteiger partial charge on any atom is 0.292 e. The number of hydrogen-bond acceptors (Lipinski definition) is 3. The summed E-state index contributed by atoms with van der Waals surface area (Å²) in [4.78, 5) is 15.5. The van der Waals surface area contributed by atoms with Crippen LogP contribution in [0.25, 0.3) is 0 Å². The molecule has 82 valence electrons. The Morgan fingerprint density at radius 3 is 2.75 bits per heavy atom. The lowest BCUT2D eigenvalue weighted by atomic mass is 10.4. The minimum atomic E-state index is -0.451. The van der Waals surface area contributed by atoms with Crippen LogP contribution in [-0.2, 0) is 0 Å². The van der Waals surface area contributed by atoms with E-state index < -0.39 is 5.91 Å². The second kappa shape index (κ2) is 4.55. The van der Waals surface area contributed by atoms with E-state index in [0.29, 0.717) is 5.02 Å². The van der Waals surface area contributed by atoms with Gasteiger partial charge in [0.25, 0.3) is 5.91 Å². The normalized spacial score (nSPS) is 10.1. The summed E-state index contributed by atoms with van der Waals surface area (Å²) in [6, 6.07) is 6.24. The van der Waals surface area contributed by atoms with Crippen molar-refractivity contribution in [3.63, 3.8) is 0 Å². The van der Waals surface area contributed by atoms with Gasteiger partial charge in [-0.2, -0.15) is 0 Å². The number of nitrogens with zero attached hydrogens (tertiary/aromatic N) is 1. The molecule has 0 saturated carbocycles. The average Bonchev–Trinajstić information content (AvgIpc) is 2.68. The zero-order valence-electron chi connectivity index (χ0n) is 7.91. The molecule has 2 aromatic heterocycles. The Morgan fingerprint density at radius 2 is 2.12 bits per heavy atom. The average molecular weight is 257 g/mol. The Labute approximate surface area is 101 Å². The zero-order chi connectivity index (χ0) is 11.5. The molecule has 0 spiro atoms. The molecular formula is C10H6Cl2N2O2. The molecule has 2 aromatic rings. The number of pyridine rings is 1. The standard InChI is InChI=1S/C10H6Cl2N2O2/c11-6-2-1-5-13-9(6)14-10(15)7-3-4-8(12)16-7/h1-5H,(H,13,14,15). The van der Waals surface area contributed by atoms with E-state index in [2.05, 4.69) is 10.3 Å². The number of furan rings is 1. The molecule has 0 radical (unpaired) electrons. The van der Waals surface area contributed by atoms with Gasteiger partial charge < -0.3 is 9.73 Å². The van der Waals surface area contributed by atoms with Crippen molar-refractivity contribution in [3.8, 4) is 0 Å². The molecule has 0 fully saturated rings. The highest BCUT2D eigenvalue weighted by molar-refractivity contribution is 6.33. The summed E-state index contributed by atoms with van der Waals surface area (Å²) in [7, 11) is 0. The SMILES string of the molecule is O=C(Nc1ncccc1Cl)c1ccc(Cl)o1. The van der Waals surface area contributed by atoms with E-state index in [4.69, 9.17) is 27.6 Å². The lowest BCUT2D eigenvalue weighted by molar-refractivity contribution is 0.0996. The topological polar surface area (TPSA) is 55.1 Å². The number of amides is 1. The third-order valence-corrected chi connectivity index (χ3v) is 2.30. The third kappa shape index (κ3) is 2.35. The molecule has 2 heterocycles.